The van der Waals surface area contributed by atoms with Gasteiger partial charge in [-0.05, 0) is 53.3 Å². The molecule has 0 aliphatic carbocycles. The molecule has 0 atom stereocenters. The van der Waals surface area contributed by atoms with Crippen LogP contribution in [0.2, 0.25) is 5.02 Å². The molecule has 0 fully saturated rings. The van der Waals surface area contributed by atoms with Gasteiger partial charge in [-0.25, -0.2) is 23.5 Å². The van der Waals surface area contributed by atoms with E-state index in [-0.39, 0.29) is 4.90 Å². The minimum absolute atomic E-state index is 0.0512. The summed E-state index contributed by atoms with van der Waals surface area (Å²) in [6, 6.07) is 16.7. The number of nitrogens with zero attached hydrogens (tertiary/aromatic N) is 2. The highest BCUT2D eigenvalue weighted by molar-refractivity contribution is 7.89. The van der Waals surface area contributed by atoms with Crippen molar-refractivity contribution in [1.29, 1.82) is 0 Å². The molecule has 0 aliphatic heterocycles. The molecular formula is C21H17ClN4O2S2. The summed E-state index contributed by atoms with van der Waals surface area (Å²) in [5, 5.41) is 10.8. The number of hydrogen-bond acceptors (Lipinski definition) is 6. The van der Waals surface area contributed by atoms with E-state index in [9.17, 15) is 8.42 Å². The molecule has 2 aromatic carbocycles. The van der Waals surface area contributed by atoms with Gasteiger partial charge in [-0.15, -0.1) is 11.3 Å². The molecule has 2 heterocycles. The summed E-state index contributed by atoms with van der Waals surface area (Å²) in [5.74, 6) is 0.357. The van der Waals surface area contributed by atoms with Gasteiger partial charge in [0.15, 0.2) is 0 Å². The van der Waals surface area contributed by atoms with Gasteiger partial charge in [0.1, 0.15) is 5.69 Å². The number of primary sulfonamides is 1. The Bertz CT molecular complexity index is 1320. The number of hydrogen-bond donors (Lipinski definition) is 2. The smallest absolute Gasteiger partial charge is 0.238 e. The minimum atomic E-state index is -3.76. The van der Waals surface area contributed by atoms with E-state index >= 15 is 0 Å². The molecule has 0 aliphatic rings. The van der Waals surface area contributed by atoms with Crippen LogP contribution in [-0.4, -0.2) is 18.4 Å². The third kappa shape index (κ3) is 4.36. The van der Waals surface area contributed by atoms with E-state index < -0.39 is 10.0 Å². The predicted octanol–water partition coefficient (Wildman–Crippen LogP) is 5.22. The highest BCUT2D eigenvalue weighted by Gasteiger charge is 2.14. The predicted molar refractivity (Wildman–Crippen MR) is 122 cm³/mol. The SMILES string of the molecule is Cc1cc(S(N)(=O)=O)ccc1Nc1ncc(Cl)c(-c2cc(-c3ccccc3)cs2)n1. The molecule has 9 heteroatoms. The Hall–Kier alpha value is -2.78. The van der Waals surface area contributed by atoms with Crippen molar-refractivity contribution in [2.75, 3.05) is 5.32 Å². The first-order valence-electron chi connectivity index (χ1n) is 8.88. The summed E-state index contributed by atoms with van der Waals surface area (Å²) in [7, 11) is -3.76. The average Bonchev–Trinajstić information content (AvgIpc) is 3.21. The fraction of sp³-hybridized carbons (Fsp3) is 0.0476. The fourth-order valence-corrected chi connectivity index (χ4v) is 4.68. The summed E-state index contributed by atoms with van der Waals surface area (Å²) in [6.07, 6.45) is 1.54. The summed E-state index contributed by atoms with van der Waals surface area (Å²) in [6.45, 7) is 1.78. The second-order valence-electron chi connectivity index (χ2n) is 6.60. The number of rotatable bonds is 5. The van der Waals surface area contributed by atoms with Gasteiger partial charge in [0, 0.05) is 5.69 Å². The first kappa shape index (κ1) is 20.5. The van der Waals surface area contributed by atoms with Gasteiger partial charge in [-0.2, -0.15) is 0 Å². The lowest BCUT2D eigenvalue weighted by molar-refractivity contribution is 0.597. The molecule has 0 bridgehead atoms. The highest BCUT2D eigenvalue weighted by atomic mass is 35.5. The van der Waals surface area contributed by atoms with Crippen molar-refractivity contribution in [2.45, 2.75) is 11.8 Å². The van der Waals surface area contributed by atoms with E-state index in [0.29, 0.717) is 27.9 Å². The van der Waals surface area contributed by atoms with Crippen molar-refractivity contribution in [1.82, 2.24) is 9.97 Å². The van der Waals surface area contributed by atoms with E-state index in [0.717, 1.165) is 16.0 Å². The van der Waals surface area contributed by atoms with Crippen LogP contribution in [0.15, 0.2) is 71.1 Å². The molecule has 0 spiro atoms. The van der Waals surface area contributed by atoms with Crippen LogP contribution in [0.5, 0.6) is 0 Å². The first-order chi connectivity index (χ1) is 14.3. The molecule has 6 nitrogen and oxygen atoms in total. The van der Waals surface area contributed by atoms with Crippen LogP contribution >= 0.6 is 22.9 Å². The van der Waals surface area contributed by atoms with E-state index in [1.807, 2.05) is 36.4 Å². The number of benzene rings is 2. The van der Waals surface area contributed by atoms with Gasteiger partial charge < -0.3 is 5.32 Å². The molecule has 0 radical (unpaired) electrons. The van der Waals surface area contributed by atoms with Gasteiger partial charge in [-0.1, -0.05) is 41.9 Å². The van der Waals surface area contributed by atoms with E-state index in [1.54, 1.807) is 30.5 Å². The van der Waals surface area contributed by atoms with Crippen LogP contribution in [-0.2, 0) is 10.0 Å². The maximum atomic E-state index is 11.5. The molecule has 4 aromatic rings. The molecule has 4 rings (SSSR count). The second-order valence-corrected chi connectivity index (χ2v) is 9.48. The molecule has 152 valence electrons. The number of halogens is 1. The standard InChI is InChI=1S/C21H17ClN4O2S2/c1-13-9-16(30(23,27)28)7-8-18(13)25-21-24-11-17(22)20(26-21)19-10-15(12-29-19)14-5-3-2-4-6-14/h2-12H,1H3,(H2,23,27,28)(H,24,25,26). The van der Waals surface area contributed by atoms with Crippen LogP contribution in [0.3, 0.4) is 0 Å². The number of aryl methyl sites for hydroxylation is 1. The Morgan fingerprint density at radius 2 is 1.83 bits per heavy atom. The van der Waals surface area contributed by atoms with E-state index in [1.165, 1.54) is 12.1 Å². The summed E-state index contributed by atoms with van der Waals surface area (Å²) in [5.41, 5.74) is 4.21. The Balaban J connectivity index is 1.64. The summed E-state index contributed by atoms with van der Waals surface area (Å²) in [4.78, 5) is 9.79. The number of aromatic nitrogens is 2. The quantitative estimate of drug-likeness (QED) is 0.428. The highest BCUT2D eigenvalue weighted by Crippen LogP contribution is 2.35. The van der Waals surface area contributed by atoms with Gasteiger partial charge in [0.2, 0.25) is 16.0 Å². The van der Waals surface area contributed by atoms with E-state index in [4.69, 9.17) is 16.7 Å². The number of anilines is 2. The average molecular weight is 457 g/mol. The Morgan fingerprint density at radius 1 is 1.07 bits per heavy atom. The maximum Gasteiger partial charge on any atom is 0.238 e. The molecule has 0 amide bonds. The number of thiophene rings is 1. The van der Waals surface area contributed by atoms with Crippen molar-refractivity contribution in [2.24, 2.45) is 5.14 Å². The van der Waals surface area contributed by atoms with Crippen LogP contribution in [0, 0.1) is 6.92 Å². The minimum Gasteiger partial charge on any atom is -0.324 e. The van der Waals surface area contributed by atoms with Crippen molar-refractivity contribution < 1.29 is 8.42 Å². The lowest BCUT2D eigenvalue weighted by atomic mass is 10.1. The lowest BCUT2D eigenvalue weighted by Gasteiger charge is -2.10. The monoisotopic (exact) mass is 456 g/mol. The Morgan fingerprint density at radius 3 is 2.53 bits per heavy atom. The molecule has 0 unspecified atom stereocenters. The van der Waals surface area contributed by atoms with Gasteiger partial charge >= 0.3 is 0 Å². The fourth-order valence-electron chi connectivity index (χ4n) is 2.92. The van der Waals surface area contributed by atoms with Gasteiger partial charge in [0.05, 0.1) is 21.0 Å². The molecule has 2 aromatic heterocycles. The lowest BCUT2D eigenvalue weighted by Crippen LogP contribution is -2.12. The Kier molecular flexibility index (Phi) is 5.57. The third-order valence-corrected chi connectivity index (χ3v) is 6.58. The zero-order valence-corrected chi connectivity index (χ0v) is 18.2. The summed E-state index contributed by atoms with van der Waals surface area (Å²) >= 11 is 7.92. The topological polar surface area (TPSA) is 98.0 Å². The zero-order valence-electron chi connectivity index (χ0n) is 15.8. The van der Waals surface area contributed by atoms with E-state index in [2.05, 4.69) is 20.7 Å². The number of nitrogens with two attached hydrogens (primary N) is 1. The summed E-state index contributed by atoms with van der Waals surface area (Å²) < 4.78 is 23.0. The maximum absolute atomic E-state index is 11.5. The van der Waals surface area contributed by atoms with Crippen LogP contribution in [0.25, 0.3) is 21.7 Å². The Labute approximate surface area is 183 Å². The van der Waals surface area contributed by atoms with Crippen molar-refractivity contribution in [3.05, 3.63) is 76.8 Å². The van der Waals surface area contributed by atoms with Crippen molar-refractivity contribution in [3.63, 3.8) is 0 Å². The number of sulfonamides is 1. The molecular weight excluding hydrogens is 440 g/mol. The van der Waals surface area contributed by atoms with Crippen LogP contribution < -0.4 is 10.5 Å². The largest absolute Gasteiger partial charge is 0.324 e. The van der Waals surface area contributed by atoms with Crippen molar-refractivity contribution in [3.8, 4) is 21.7 Å². The normalized spacial score (nSPS) is 11.4. The second kappa shape index (κ2) is 8.16. The molecule has 3 N–H and O–H groups in total. The molecule has 30 heavy (non-hydrogen) atoms. The zero-order chi connectivity index (χ0) is 21.3. The third-order valence-electron chi connectivity index (χ3n) is 4.46. The van der Waals surface area contributed by atoms with Gasteiger partial charge in [0.25, 0.3) is 0 Å². The van der Waals surface area contributed by atoms with Crippen LogP contribution in [0.1, 0.15) is 5.56 Å². The van der Waals surface area contributed by atoms with Crippen LogP contribution in [0.4, 0.5) is 11.6 Å². The number of nitrogens with one attached hydrogen (secondary N) is 1. The molecule has 0 saturated carbocycles. The first-order valence-corrected chi connectivity index (χ1v) is 11.7. The molecule has 0 saturated heterocycles. The van der Waals surface area contributed by atoms with Crippen molar-refractivity contribution >= 4 is 44.6 Å². The van der Waals surface area contributed by atoms with Gasteiger partial charge in [-0.3, -0.25) is 0 Å².